The third kappa shape index (κ3) is 6.54. The predicted octanol–water partition coefficient (Wildman–Crippen LogP) is 4.91. The molecule has 0 fully saturated rings. The van der Waals surface area contributed by atoms with Crippen molar-refractivity contribution in [1.29, 1.82) is 0 Å². The number of rotatable bonds is 8. The molecular weight excluding hydrogens is 358 g/mol. The number of nitrogens with zero attached hydrogens (tertiary/aromatic N) is 2. The quantitative estimate of drug-likeness (QED) is 0.697. The van der Waals surface area contributed by atoms with E-state index in [1.165, 1.54) is 5.56 Å². The maximum atomic E-state index is 12.4. The minimum atomic E-state index is -0.0418. The van der Waals surface area contributed by atoms with Crippen molar-refractivity contribution in [2.75, 3.05) is 6.54 Å². The molecule has 1 heterocycles. The van der Waals surface area contributed by atoms with Crippen LogP contribution in [-0.4, -0.2) is 28.5 Å². The number of ether oxygens (including phenoxy) is 1. The van der Waals surface area contributed by atoms with Crippen molar-refractivity contribution in [2.45, 2.75) is 60.7 Å². The van der Waals surface area contributed by atoms with Crippen LogP contribution in [0.2, 0.25) is 0 Å². The predicted molar refractivity (Wildman–Crippen MR) is 111 cm³/mol. The van der Waals surface area contributed by atoms with Crippen molar-refractivity contribution in [3.05, 3.63) is 45.4 Å². The fourth-order valence-electron chi connectivity index (χ4n) is 2.70. The van der Waals surface area contributed by atoms with Gasteiger partial charge in [0.15, 0.2) is 0 Å². The van der Waals surface area contributed by atoms with E-state index in [1.807, 2.05) is 36.3 Å². The molecule has 0 radical (unpaired) electrons. The number of urea groups is 1. The van der Waals surface area contributed by atoms with Crippen LogP contribution in [0.5, 0.6) is 5.75 Å². The van der Waals surface area contributed by atoms with Crippen molar-refractivity contribution in [2.24, 2.45) is 5.92 Å². The van der Waals surface area contributed by atoms with Gasteiger partial charge in [0.05, 0.1) is 12.2 Å². The number of thiazole rings is 1. The van der Waals surface area contributed by atoms with Gasteiger partial charge in [-0.05, 0) is 50.8 Å². The highest BCUT2D eigenvalue weighted by Crippen LogP contribution is 2.22. The fourth-order valence-corrected chi connectivity index (χ4v) is 3.40. The standard InChI is InChI=1S/C21H31N3O2S/c1-14(2)10-24(21(25)22-15(3)4)11-18-13-27-20(23-18)12-26-19-9-7-8-16(5)17(19)6/h7-9,13-15H,10-12H2,1-6H3,(H,22,25). The molecule has 0 aliphatic carbocycles. The molecule has 0 saturated carbocycles. The van der Waals surface area contributed by atoms with E-state index in [2.05, 4.69) is 44.1 Å². The summed E-state index contributed by atoms with van der Waals surface area (Å²) in [5.74, 6) is 1.29. The number of amides is 2. The molecule has 0 spiro atoms. The molecule has 0 unspecified atom stereocenters. The smallest absolute Gasteiger partial charge is 0.317 e. The van der Waals surface area contributed by atoms with E-state index >= 15 is 0 Å². The second-order valence-corrected chi connectivity index (χ2v) is 8.54. The Kier molecular flexibility index (Phi) is 7.66. The Morgan fingerprint density at radius 1 is 1.26 bits per heavy atom. The lowest BCUT2D eigenvalue weighted by molar-refractivity contribution is 0.184. The lowest BCUT2D eigenvalue weighted by atomic mass is 10.1. The largest absolute Gasteiger partial charge is 0.486 e. The molecule has 0 saturated heterocycles. The van der Waals surface area contributed by atoms with Crippen molar-refractivity contribution in [3.8, 4) is 5.75 Å². The van der Waals surface area contributed by atoms with E-state index < -0.39 is 0 Å². The Hall–Kier alpha value is -2.08. The number of benzene rings is 1. The van der Waals surface area contributed by atoms with Crippen molar-refractivity contribution in [3.63, 3.8) is 0 Å². The summed E-state index contributed by atoms with van der Waals surface area (Å²) in [5.41, 5.74) is 3.27. The number of carbonyl (C=O) groups is 1. The molecule has 0 aliphatic rings. The van der Waals surface area contributed by atoms with Crippen molar-refractivity contribution < 1.29 is 9.53 Å². The van der Waals surface area contributed by atoms with Gasteiger partial charge in [-0.15, -0.1) is 11.3 Å². The number of aryl methyl sites for hydroxylation is 1. The SMILES string of the molecule is Cc1cccc(OCc2nc(CN(CC(C)C)C(=O)NC(C)C)cs2)c1C. The van der Waals surface area contributed by atoms with Crippen LogP contribution in [-0.2, 0) is 13.2 Å². The second kappa shape index (κ2) is 9.74. The van der Waals surface area contributed by atoms with Crippen molar-refractivity contribution >= 4 is 17.4 Å². The first-order valence-electron chi connectivity index (χ1n) is 9.44. The summed E-state index contributed by atoms with van der Waals surface area (Å²) in [6.45, 7) is 14.0. The molecular formula is C21H31N3O2S. The van der Waals surface area contributed by atoms with Crippen LogP contribution in [0.25, 0.3) is 0 Å². The minimum Gasteiger partial charge on any atom is -0.486 e. The zero-order valence-electron chi connectivity index (χ0n) is 17.2. The molecule has 1 aromatic heterocycles. The molecule has 1 N–H and O–H groups in total. The lowest BCUT2D eigenvalue weighted by Crippen LogP contribution is -2.44. The maximum absolute atomic E-state index is 12.4. The summed E-state index contributed by atoms with van der Waals surface area (Å²) in [5, 5.41) is 5.90. The molecule has 0 aliphatic heterocycles. The Balaban J connectivity index is 2.00. The van der Waals surface area contributed by atoms with Gasteiger partial charge >= 0.3 is 6.03 Å². The second-order valence-electron chi connectivity index (χ2n) is 7.60. The van der Waals surface area contributed by atoms with Gasteiger partial charge in [-0.25, -0.2) is 9.78 Å². The van der Waals surface area contributed by atoms with E-state index in [0.29, 0.717) is 25.6 Å². The summed E-state index contributed by atoms with van der Waals surface area (Å²) in [7, 11) is 0. The average Bonchev–Trinajstić information content (AvgIpc) is 3.02. The Bertz CT molecular complexity index is 756. The first-order chi connectivity index (χ1) is 12.8. The topological polar surface area (TPSA) is 54.5 Å². The van der Waals surface area contributed by atoms with Crippen LogP contribution in [0.3, 0.4) is 0 Å². The lowest BCUT2D eigenvalue weighted by Gasteiger charge is -2.25. The number of hydrogen-bond donors (Lipinski definition) is 1. The van der Waals surface area contributed by atoms with Gasteiger partial charge < -0.3 is 15.0 Å². The Morgan fingerprint density at radius 3 is 2.67 bits per heavy atom. The first kappa shape index (κ1) is 21.2. The minimum absolute atomic E-state index is 0.0418. The highest BCUT2D eigenvalue weighted by Gasteiger charge is 2.17. The molecule has 1 aromatic carbocycles. The van der Waals surface area contributed by atoms with Crippen LogP contribution in [0.4, 0.5) is 4.79 Å². The van der Waals surface area contributed by atoms with Crippen LogP contribution < -0.4 is 10.1 Å². The normalized spacial score (nSPS) is 11.1. The summed E-state index contributed by atoms with van der Waals surface area (Å²) >= 11 is 1.57. The Labute approximate surface area is 166 Å². The molecule has 0 bridgehead atoms. The molecule has 2 aromatic rings. The maximum Gasteiger partial charge on any atom is 0.317 e. The molecule has 2 rings (SSSR count). The van der Waals surface area contributed by atoms with Gasteiger partial charge in [-0.2, -0.15) is 0 Å². The van der Waals surface area contributed by atoms with Gasteiger partial charge in [0.1, 0.15) is 17.4 Å². The average molecular weight is 390 g/mol. The van der Waals surface area contributed by atoms with Crippen LogP contribution in [0, 0.1) is 19.8 Å². The van der Waals surface area contributed by atoms with E-state index in [4.69, 9.17) is 4.74 Å². The van der Waals surface area contributed by atoms with Gasteiger partial charge in [0.2, 0.25) is 0 Å². The fraction of sp³-hybridized carbons (Fsp3) is 0.524. The highest BCUT2D eigenvalue weighted by molar-refractivity contribution is 7.09. The van der Waals surface area contributed by atoms with E-state index in [-0.39, 0.29) is 12.1 Å². The van der Waals surface area contributed by atoms with Crippen LogP contribution >= 0.6 is 11.3 Å². The molecule has 2 amide bonds. The number of hydrogen-bond acceptors (Lipinski definition) is 4. The Morgan fingerprint density at radius 2 is 2.00 bits per heavy atom. The van der Waals surface area contributed by atoms with E-state index in [1.54, 1.807) is 11.3 Å². The van der Waals surface area contributed by atoms with Gasteiger partial charge in [-0.1, -0.05) is 26.0 Å². The first-order valence-corrected chi connectivity index (χ1v) is 10.3. The van der Waals surface area contributed by atoms with Gasteiger partial charge in [-0.3, -0.25) is 0 Å². The third-order valence-corrected chi connectivity index (χ3v) is 5.01. The van der Waals surface area contributed by atoms with E-state index in [0.717, 1.165) is 22.0 Å². The summed E-state index contributed by atoms with van der Waals surface area (Å²) < 4.78 is 5.94. The van der Waals surface area contributed by atoms with Gasteiger partial charge in [0, 0.05) is 18.0 Å². The molecule has 6 heteroatoms. The van der Waals surface area contributed by atoms with Crippen LogP contribution in [0.15, 0.2) is 23.6 Å². The zero-order valence-corrected chi connectivity index (χ0v) is 18.0. The highest BCUT2D eigenvalue weighted by atomic mass is 32.1. The zero-order chi connectivity index (χ0) is 20.0. The summed E-state index contributed by atoms with van der Waals surface area (Å²) in [6, 6.07) is 6.14. The molecule has 27 heavy (non-hydrogen) atoms. The number of aromatic nitrogens is 1. The molecule has 5 nitrogen and oxygen atoms in total. The molecule has 0 atom stereocenters. The monoisotopic (exact) mass is 389 g/mol. The van der Waals surface area contributed by atoms with Crippen molar-refractivity contribution in [1.82, 2.24) is 15.2 Å². The van der Waals surface area contributed by atoms with E-state index in [9.17, 15) is 4.79 Å². The van der Waals surface area contributed by atoms with Crippen LogP contribution in [0.1, 0.15) is 49.5 Å². The number of nitrogens with one attached hydrogen (secondary N) is 1. The summed E-state index contributed by atoms with van der Waals surface area (Å²) in [6.07, 6.45) is 0. The molecule has 148 valence electrons. The summed E-state index contributed by atoms with van der Waals surface area (Å²) in [4.78, 5) is 18.9. The third-order valence-electron chi connectivity index (χ3n) is 4.14. The van der Waals surface area contributed by atoms with Gasteiger partial charge in [0.25, 0.3) is 0 Å². The number of carbonyl (C=O) groups excluding carboxylic acids is 1.